The summed E-state index contributed by atoms with van der Waals surface area (Å²) in [5.41, 5.74) is 0.707. The third kappa shape index (κ3) is 5.03. The first-order valence-electron chi connectivity index (χ1n) is 10.6. The Kier molecular flexibility index (Phi) is 6.52. The van der Waals surface area contributed by atoms with Crippen molar-refractivity contribution in [2.24, 2.45) is 5.92 Å². The fraction of sp³-hybridized carbons (Fsp3) is 0.500. The van der Waals surface area contributed by atoms with Gasteiger partial charge in [0.25, 0.3) is 0 Å². The number of thiazole rings is 1. The highest BCUT2D eigenvalue weighted by atomic mass is 32.2. The van der Waals surface area contributed by atoms with Crippen molar-refractivity contribution < 1.29 is 22.4 Å². The predicted molar refractivity (Wildman–Crippen MR) is 116 cm³/mol. The number of aromatic nitrogens is 1. The van der Waals surface area contributed by atoms with E-state index in [2.05, 4.69) is 10.3 Å². The van der Waals surface area contributed by atoms with E-state index >= 15 is 0 Å². The number of rotatable bonds is 7. The highest BCUT2D eigenvalue weighted by molar-refractivity contribution is 7.92. The molecule has 1 N–H and O–H groups in total. The van der Waals surface area contributed by atoms with Crippen LogP contribution in [0.5, 0.6) is 0 Å². The van der Waals surface area contributed by atoms with Gasteiger partial charge in [0.1, 0.15) is 5.78 Å². The Morgan fingerprint density at radius 1 is 1.16 bits per heavy atom. The number of nitrogens with one attached hydrogen (secondary N) is 1. The molecule has 2 aliphatic rings. The van der Waals surface area contributed by atoms with E-state index in [0.29, 0.717) is 37.7 Å². The van der Waals surface area contributed by atoms with E-state index in [-0.39, 0.29) is 32.9 Å². The summed E-state index contributed by atoms with van der Waals surface area (Å²) < 4.78 is 38.6. The van der Waals surface area contributed by atoms with Gasteiger partial charge < -0.3 is 5.32 Å². The van der Waals surface area contributed by atoms with Gasteiger partial charge in [-0.05, 0) is 55.7 Å². The maximum atomic E-state index is 13.3. The van der Waals surface area contributed by atoms with Gasteiger partial charge in [-0.25, -0.2) is 13.4 Å². The molecule has 166 valence electrons. The number of nitrogens with zero attached hydrogens (tertiary/aromatic N) is 1. The summed E-state index contributed by atoms with van der Waals surface area (Å²) in [6.07, 6.45) is 6.45. The molecule has 9 heteroatoms. The minimum Gasteiger partial charge on any atom is -0.301 e. The van der Waals surface area contributed by atoms with Crippen LogP contribution in [0.15, 0.2) is 35.4 Å². The smallest absolute Gasteiger partial charge is 0.233 e. The molecule has 31 heavy (non-hydrogen) atoms. The Hall–Kier alpha value is -2.13. The van der Waals surface area contributed by atoms with Gasteiger partial charge in [0.15, 0.2) is 20.1 Å². The van der Waals surface area contributed by atoms with E-state index in [1.54, 1.807) is 24.3 Å². The quantitative estimate of drug-likeness (QED) is 0.652. The molecule has 0 saturated heterocycles. The molecule has 0 aliphatic heterocycles. The van der Waals surface area contributed by atoms with Gasteiger partial charge in [0.05, 0.1) is 22.3 Å². The number of sulfone groups is 1. The summed E-state index contributed by atoms with van der Waals surface area (Å²) in [7, 11) is -3.33. The molecule has 0 spiro atoms. The van der Waals surface area contributed by atoms with E-state index in [1.165, 1.54) is 0 Å². The summed E-state index contributed by atoms with van der Waals surface area (Å²) in [6, 6.07) is 6.56. The van der Waals surface area contributed by atoms with E-state index in [1.807, 2.05) is 0 Å². The van der Waals surface area contributed by atoms with Crippen LogP contribution in [0.2, 0.25) is 0 Å². The minimum atomic E-state index is -3.33. The molecule has 2 fully saturated rings. The number of carbonyl (C=O) groups is 2. The summed E-state index contributed by atoms with van der Waals surface area (Å²) in [5.74, 6) is -0.368. The topological polar surface area (TPSA) is 93.2 Å². The molecule has 1 amide bonds. The van der Waals surface area contributed by atoms with Crippen LogP contribution >= 0.6 is 11.3 Å². The lowest BCUT2D eigenvalue weighted by atomic mass is 9.80. The number of hydrogen-bond acceptors (Lipinski definition) is 6. The van der Waals surface area contributed by atoms with E-state index in [9.17, 15) is 22.4 Å². The molecule has 1 aromatic carbocycles. The Bertz CT molecular complexity index is 1050. The first-order valence-corrected chi connectivity index (χ1v) is 13.0. The van der Waals surface area contributed by atoms with Gasteiger partial charge in [-0.1, -0.05) is 29.9 Å². The second-order valence-electron chi connectivity index (χ2n) is 8.40. The Balaban J connectivity index is 1.55. The van der Waals surface area contributed by atoms with Crippen LogP contribution in [0.1, 0.15) is 62.8 Å². The normalized spacial score (nSPS) is 19.1. The number of benzene rings is 1. The summed E-state index contributed by atoms with van der Waals surface area (Å²) >= 11 is 0.759. The van der Waals surface area contributed by atoms with E-state index < -0.39 is 20.9 Å². The number of carbonyl (C=O) groups excluding carboxylic acids is 2. The maximum absolute atomic E-state index is 13.3. The number of Topliss-reactive ketones (excluding diaryl/α,β-unsaturated/α-hetero) is 1. The first-order chi connectivity index (χ1) is 14.8. The molecule has 1 heterocycles. The van der Waals surface area contributed by atoms with Crippen LogP contribution in [-0.2, 0) is 19.4 Å². The SMILES string of the molecule is O=C1CCC(CC(C(=O)Nc2ncc(F)s2)c2ccc(S(=O)(=O)C3CCC3)cc2)CC1. The summed E-state index contributed by atoms with van der Waals surface area (Å²) in [4.78, 5) is 28.8. The largest absolute Gasteiger partial charge is 0.301 e. The zero-order valence-electron chi connectivity index (χ0n) is 17.1. The van der Waals surface area contributed by atoms with Gasteiger partial charge in [-0.3, -0.25) is 9.59 Å². The van der Waals surface area contributed by atoms with Crippen molar-refractivity contribution in [3.63, 3.8) is 0 Å². The molecule has 2 saturated carbocycles. The Morgan fingerprint density at radius 2 is 1.84 bits per heavy atom. The molecular formula is C22H25FN2O4S2. The van der Waals surface area contributed by atoms with Crippen molar-refractivity contribution in [3.05, 3.63) is 41.2 Å². The molecule has 2 aliphatic carbocycles. The third-order valence-electron chi connectivity index (χ3n) is 6.36. The van der Waals surface area contributed by atoms with Crippen molar-refractivity contribution in [1.82, 2.24) is 4.98 Å². The third-order valence-corrected chi connectivity index (χ3v) is 9.34. The Labute approximate surface area is 185 Å². The number of hydrogen-bond donors (Lipinski definition) is 1. The molecule has 1 unspecified atom stereocenters. The van der Waals surface area contributed by atoms with Crippen LogP contribution < -0.4 is 5.32 Å². The van der Waals surface area contributed by atoms with Gasteiger partial charge in [0, 0.05) is 12.8 Å². The fourth-order valence-electron chi connectivity index (χ4n) is 4.23. The van der Waals surface area contributed by atoms with Crippen LogP contribution in [0.4, 0.5) is 9.52 Å². The molecular weight excluding hydrogens is 439 g/mol. The van der Waals surface area contributed by atoms with Crippen molar-refractivity contribution in [1.29, 1.82) is 0 Å². The van der Waals surface area contributed by atoms with Crippen molar-refractivity contribution in [2.75, 3.05) is 5.32 Å². The highest BCUT2D eigenvalue weighted by Crippen LogP contribution is 2.35. The van der Waals surface area contributed by atoms with Crippen molar-refractivity contribution in [3.8, 4) is 0 Å². The summed E-state index contributed by atoms with van der Waals surface area (Å²) in [6.45, 7) is 0. The zero-order chi connectivity index (χ0) is 22.0. The average Bonchev–Trinajstić information content (AvgIpc) is 3.10. The molecule has 4 rings (SSSR count). The Morgan fingerprint density at radius 3 is 2.39 bits per heavy atom. The molecule has 6 nitrogen and oxygen atoms in total. The standard InChI is InChI=1S/C22H25FN2O4S2/c23-20-13-24-22(30-20)25-21(27)19(12-14-4-8-16(26)9-5-14)15-6-10-18(11-7-15)31(28,29)17-2-1-3-17/h6-7,10-11,13-14,17,19H,1-5,8-9,12H2,(H,24,25,27). The van der Waals surface area contributed by atoms with Gasteiger partial charge >= 0.3 is 0 Å². The van der Waals surface area contributed by atoms with E-state index in [4.69, 9.17) is 0 Å². The van der Waals surface area contributed by atoms with Gasteiger partial charge in [0.2, 0.25) is 5.91 Å². The van der Waals surface area contributed by atoms with Crippen molar-refractivity contribution >= 4 is 38.0 Å². The van der Waals surface area contributed by atoms with Gasteiger partial charge in [-0.15, -0.1) is 0 Å². The van der Waals surface area contributed by atoms with Crippen LogP contribution in [0.3, 0.4) is 0 Å². The lowest BCUT2D eigenvalue weighted by Crippen LogP contribution is -2.28. The van der Waals surface area contributed by atoms with Gasteiger partial charge in [-0.2, -0.15) is 4.39 Å². The van der Waals surface area contributed by atoms with Crippen LogP contribution in [0, 0.1) is 11.0 Å². The lowest BCUT2D eigenvalue weighted by Gasteiger charge is -2.27. The second kappa shape index (κ2) is 9.16. The van der Waals surface area contributed by atoms with Crippen LogP contribution in [-0.4, -0.2) is 30.3 Å². The molecule has 1 atom stereocenters. The monoisotopic (exact) mass is 464 g/mol. The molecule has 0 bridgehead atoms. The lowest BCUT2D eigenvalue weighted by molar-refractivity contribution is -0.121. The summed E-state index contributed by atoms with van der Waals surface area (Å²) in [5, 5.41) is 2.08. The number of amides is 1. The van der Waals surface area contributed by atoms with Crippen LogP contribution in [0.25, 0.3) is 0 Å². The highest BCUT2D eigenvalue weighted by Gasteiger charge is 2.33. The second-order valence-corrected chi connectivity index (χ2v) is 11.6. The number of ketones is 1. The predicted octanol–water partition coefficient (Wildman–Crippen LogP) is 4.48. The number of halogens is 1. The zero-order valence-corrected chi connectivity index (χ0v) is 18.7. The minimum absolute atomic E-state index is 0.190. The average molecular weight is 465 g/mol. The van der Waals surface area contributed by atoms with Crippen molar-refractivity contribution in [2.45, 2.75) is 67.4 Å². The first kappa shape index (κ1) is 22.1. The van der Waals surface area contributed by atoms with E-state index in [0.717, 1.165) is 36.8 Å². The molecule has 0 radical (unpaired) electrons. The maximum Gasteiger partial charge on any atom is 0.233 e. The molecule has 1 aromatic heterocycles. The number of anilines is 1. The molecule has 2 aromatic rings. The fourth-order valence-corrected chi connectivity index (χ4v) is 6.63.